The Morgan fingerprint density at radius 3 is 2.55 bits per heavy atom. The van der Waals surface area contributed by atoms with E-state index in [1.807, 2.05) is 13.0 Å². The van der Waals surface area contributed by atoms with Gasteiger partial charge in [0.25, 0.3) is 5.91 Å². The number of aliphatic hydroxyl groups excluding tert-OH is 1. The summed E-state index contributed by atoms with van der Waals surface area (Å²) in [5.41, 5.74) is 0.896. The molecule has 0 radical (unpaired) electrons. The predicted molar refractivity (Wildman–Crippen MR) is 87.5 cm³/mol. The lowest BCUT2D eigenvalue weighted by Gasteiger charge is -2.13. The van der Waals surface area contributed by atoms with E-state index in [2.05, 4.69) is 5.32 Å². The number of aliphatic hydroxyl groups is 1. The number of carbonyl (C=O) groups excluding carboxylic acids is 1. The Morgan fingerprint density at radius 1 is 1.23 bits per heavy atom. The number of carbonyl (C=O) groups is 1. The maximum absolute atomic E-state index is 12.9. The van der Waals surface area contributed by atoms with Crippen molar-refractivity contribution in [1.82, 2.24) is 5.32 Å². The highest BCUT2D eigenvalue weighted by Gasteiger charge is 2.12. The van der Waals surface area contributed by atoms with Crippen LogP contribution in [-0.2, 0) is 0 Å². The minimum absolute atomic E-state index is 0.115. The Hall–Kier alpha value is -1.72. The molecule has 0 bridgehead atoms. The molecule has 2 atom stereocenters. The number of thiophene rings is 1. The topological polar surface area (TPSA) is 49.3 Å². The van der Waals surface area contributed by atoms with E-state index in [4.69, 9.17) is 0 Å². The monoisotopic (exact) mass is 321 g/mol. The lowest BCUT2D eigenvalue weighted by molar-refractivity contribution is 0.0943. The van der Waals surface area contributed by atoms with Gasteiger partial charge in [-0.25, -0.2) is 4.39 Å². The van der Waals surface area contributed by atoms with Crippen LogP contribution in [0.25, 0.3) is 10.4 Å². The van der Waals surface area contributed by atoms with E-state index in [0.29, 0.717) is 17.8 Å². The summed E-state index contributed by atoms with van der Waals surface area (Å²) in [6, 6.07) is 9.87. The first-order valence-corrected chi connectivity index (χ1v) is 8.09. The van der Waals surface area contributed by atoms with Crippen LogP contribution in [0.2, 0.25) is 0 Å². The molecule has 3 nitrogen and oxygen atoms in total. The van der Waals surface area contributed by atoms with Gasteiger partial charge in [-0.3, -0.25) is 4.79 Å². The standard InChI is InChI=1S/C17H20FNO2S/c1-11(9-12(2)20)10-19-17(21)16-8-7-15(22-16)13-3-5-14(18)6-4-13/h3-8,11-12,20H,9-10H2,1-2H3,(H,19,21). The molecule has 0 aliphatic carbocycles. The van der Waals surface area contributed by atoms with Crippen LogP contribution in [0.1, 0.15) is 29.9 Å². The van der Waals surface area contributed by atoms with Gasteiger partial charge < -0.3 is 10.4 Å². The van der Waals surface area contributed by atoms with Gasteiger partial charge in [0.1, 0.15) is 5.82 Å². The van der Waals surface area contributed by atoms with Crippen molar-refractivity contribution in [3.63, 3.8) is 0 Å². The molecular weight excluding hydrogens is 301 g/mol. The summed E-state index contributed by atoms with van der Waals surface area (Å²) in [7, 11) is 0. The van der Waals surface area contributed by atoms with Gasteiger partial charge in [-0.1, -0.05) is 19.1 Å². The lowest BCUT2D eigenvalue weighted by atomic mass is 10.0. The SMILES string of the molecule is CC(O)CC(C)CNC(=O)c1ccc(-c2ccc(F)cc2)s1. The van der Waals surface area contributed by atoms with Gasteiger partial charge in [-0.15, -0.1) is 11.3 Å². The van der Waals surface area contributed by atoms with Crippen molar-refractivity contribution >= 4 is 17.2 Å². The average molecular weight is 321 g/mol. The minimum atomic E-state index is -0.362. The molecule has 2 aromatic rings. The van der Waals surface area contributed by atoms with Crippen LogP contribution in [0.5, 0.6) is 0 Å². The maximum Gasteiger partial charge on any atom is 0.261 e. The van der Waals surface area contributed by atoms with Crippen LogP contribution in [0.4, 0.5) is 4.39 Å². The molecule has 1 aromatic heterocycles. The molecule has 0 saturated heterocycles. The molecule has 0 spiro atoms. The van der Waals surface area contributed by atoms with E-state index in [1.165, 1.54) is 23.5 Å². The molecule has 0 fully saturated rings. The third-order valence-electron chi connectivity index (χ3n) is 3.31. The minimum Gasteiger partial charge on any atom is -0.393 e. The molecule has 0 aliphatic heterocycles. The maximum atomic E-state index is 12.9. The predicted octanol–water partition coefficient (Wildman–Crippen LogP) is 3.69. The first-order valence-electron chi connectivity index (χ1n) is 7.27. The van der Waals surface area contributed by atoms with E-state index in [0.717, 1.165) is 10.4 Å². The van der Waals surface area contributed by atoms with Crippen molar-refractivity contribution in [2.75, 3.05) is 6.54 Å². The normalized spacial score (nSPS) is 13.6. The van der Waals surface area contributed by atoms with Crippen LogP contribution < -0.4 is 5.32 Å². The second-order valence-corrected chi connectivity index (χ2v) is 6.65. The molecule has 0 aliphatic rings. The third kappa shape index (κ3) is 4.64. The fourth-order valence-corrected chi connectivity index (χ4v) is 3.18. The molecule has 5 heteroatoms. The molecule has 22 heavy (non-hydrogen) atoms. The zero-order valence-electron chi connectivity index (χ0n) is 12.7. The smallest absolute Gasteiger partial charge is 0.261 e. The van der Waals surface area contributed by atoms with Crippen LogP contribution in [0.3, 0.4) is 0 Å². The van der Waals surface area contributed by atoms with Crippen molar-refractivity contribution in [3.05, 3.63) is 47.1 Å². The highest BCUT2D eigenvalue weighted by Crippen LogP contribution is 2.28. The number of hydrogen-bond acceptors (Lipinski definition) is 3. The number of rotatable bonds is 6. The summed E-state index contributed by atoms with van der Waals surface area (Å²) < 4.78 is 12.9. The van der Waals surface area contributed by atoms with Gasteiger partial charge in [-0.05, 0) is 49.1 Å². The lowest BCUT2D eigenvalue weighted by Crippen LogP contribution is -2.28. The number of benzene rings is 1. The van der Waals surface area contributed by atoms with Gasteiger partial charge in [-0.2, -0.15) is 0 Å². The largest absolute Gasteiger partial charge is 0.393 e. The quantitative estimate of drug-likeness (QED) is 0.852. The van der Waals surface area contributed by atoms with Crippen LogP contribution in [-0.4, -0.2) is 23.7 Å². The van der Waals surface area contributed by atoms with Gasteiger partial charge >= 0.3 is 0 Å². The van der Waals surface area contributed by atoms with Gasteiger partial charge in [0.2, 0.25) is 0 Å². The Labute approximate surface area is 133 Å². The molecule has 0 saturated carbocycles. The summed E-state index contributed by atoms with van der Waals surface area (Å²) >= 11 is 1.38. The fraction of sp³-hybridized carbons (Fsp3) is 0.353. The molecule has 118 valence electrons. The summed E-state index contributed by atoms with van der Waals surface area (Å²) in [6.45, 7) is 4.27. The summed E-state index contributed by atoms with van der Waals surface area (Å²) in [5, 5.41) is 12.2. The van der Waals surface area contributed by atoms with Gasteiger partial charge in [0, 0.05) is 11.4 Å². The molecule has 1 heterocycles. The molecule has 1 amide bonds. The number of amides is 1. The van der Waals surface area contributed by atoms with Gasteiger partial charge in [0.05, 0.1) is 11.0 Å². The van der Waals surface area contributed by atoms with Crippen molar-refractivity contribution in [2.24, 2.45) is 5.92 Å². The van der Waals surface area contributed by atoms with Crippen LogP contribution in [0.15, 0.2) is 36.4 Å². The van der Waals surface area contributed by atoms with Crippen molar-refractivity contribution in [2.45, 2.75) is 26.4 Å². The third-order valence-corrected chi connectivity index (χ3v) is 4.45. The fourth-order valence-electron chi connectivity index (χ4n) is 2.25. The van der Waals surface area contributed by atoms with E-state index in [9.17, 15) is 14.3 Å². The second kappa shape index (κ2) is 7.51. The zero-order valence-corrected chi connectivity index (χ0v) is 13.5. The molecule has 2 unspecified atom stereocenters. The van der Waals surface area contributed by atoms with E-state index >= 15 is 0 Å². The first-order chi connectivity index (χ1) is 10.5. The molecule has 1 aromatic carbocycles. The summed E-state index contributed by atoms with van der Waals surface area (Å²) in [5.74, 6) is -0.165. The van der Waals surface area contributed by atoms with E-state index < -0.39 is 0 Å². The van der Waals surface area contributed by atoms with Crippen LogP contribution in [0, 0.1) is 11.7 Å². The summed E-state index contributed by atoms with van der Waals surface area (Å²) in [6.07, 6.45) is 0.296. The Bertz CT molecular complexity index is 622. The highest BCUT2D eigenvalue weighted by atomic mass is 32.1. The Kier molecular flexibility index (Phi) is 5.69. The number of hydrogen-bond donors (Lipinski definition) is 2. The molecule has 2 rings (SSSR count). The number of nitrogens with one attached hydrogen (secondary N) is 1. The molecule has 2 N–H and O–H groups in total. The average Bonchev–Trinajstić information content (AvgIpc) is 2.94. The Morgan fingerprint density at radius 2 is 1.91 bits per heavy atom. The molecular formula is C17H20FNO2S. The highest BCUT2D eigenvalue weighted by molar-refractivity contribution is 7.17. The van der Waals surface area contributed by atoms with Crippen LogP contribution >= 0.6 is 11.3 Å². The zero-order chi connectivity index (χ0) is 16.1. The van der Waals surface area contributed by atoms with Crippen molar-refractivity contribution < 1.29 is 14.3 Å². The van der Waals surface area contributed by atoms with Gasteiger partial charge in [0.15, 0.2) is 0 Å². The number of halogens is 1. The van der Waals surface area contributed by atoms with Crippen molar-refractivity contribution in [1.29, 1.82) is 0 Å². The first kappa shape index (κ1) is 16.6. The van der Waals surface area contributed by atoms with E-state index in [1.54, 1.807) is 25.1 Å². The Balaban J connectivity index is 1.96. The second-order valence-electron chi connectivity index (χ2n) is 5.57. The van der Waals surface area contributed by atoms with Crippen molar-refractivity contribution in [3.8, 4) is 10.4 Å². The van der Waals surface area contributed by atoms with E-state index in [-0.39, 0.29) is 23.7 Å². The summed E-state index contributed by atoms with van der Waals surface area (Å²) in [4.78, 5) is 13.7.